The highest BCUT2D eigenvalue weighted by molar-refractivity contribution is 7.80. The Kier molecular flexibility index (Phi) is 27.7. The van der Waals surface area contributed by atoms with Gasteiger partial charge in [0.2, 0.25) is 0 Å². The largest absolute Gasteiger partial charge is 0.469 e. The van der Waals surface area contributed by atoms with Crippen molar-refractivity contribution in [3.05, 3.63) is 0 Å². The summed E-state index contributed by atoms with van der Waals surface area (Å²) in [5.74, 6) is 0.682. The molecule has 0 spiro atoms. The molecule has 0 bridgehead atoms. The third kappa shape index (κ3) is 20.7. The summed E-state index contributed by atoms with van der Waals surface area (Å²) in [5, 5.41) is 3.00. The van der Waals surface area contributed by atoms with E-state index in [2.05, 4.69) is 31.5 Å². The minimum atomic E-state index is -4.65. The lowest BCUT2D eigenvalue weighted by Crippen LogP contribution is -2.41. The smallest absolute Gasteiger partial charge is 0.376 e. The lowest BCUT2D eigenvalue weighted by atomic mass is 9.92. The summed E-state index contributed by atoms with van der Waals surface area (Å²) in [6.07, 6.45) is -7.02. The van der Waals surface area contributed by atoms with E-state index in [0.717, 1.165) is 19.4 Å². The van der Waals surface area contributed by atoms with Crippen LogP contribution >= 0.6 is 36.1 Å². The second kappa shape index (κ2) is 28.4. The summed E-state index contributed by atoms with van der Waals surface area (Å²) in [7, 11) is 9.64. The molecular weight excluding hydrogens is 887 g/mol. The van der Waals surface area contributed by atoms with Gasteiger partial charge in [0, 0.05) is 52.6 Å². The van der Waals surface area contributed by atoms with Crippen LogP contribution in [0.2, 0.25) is 0 Å². The quantitative estimate of drug-likeness (QED) is 0.0255. The van der Waals surface area contributed by atoms with Crippen molar-refractivity contribution in [2.75, 3.05) is 67.2 Å². The van der Waals surface area contributed by atoms with Gasteiger partial charge in [-0.15, -0.1) is 0 Å². The van der Waals surface area contributed by atoms with Crippen molar-refractivity contribution in [1.29, 1.82) is 0 Å². The number of hydrogen-bond acceptors (Lipinski definition) is 17. The fourth-order valence-corrected chi connectivity index (χ4v) is 8.19. The van der Waals surface area contributed by atoms with Crippen LogP contribution in [-0.2, 0) is 69.9 Å². The molecule has 15 atom stereocenters. The second-order valence-electron chi connectivity index (χ2n) is 13.4. The van der Waals surface area contributed by atoms with E-state index in [9.17, 15) is 18.1 Å². The van der Waals surface area contributed by atoms with Crippen molar-refractivity contribution < 1.29 is 104 Å². The first-order valence-electron chi connectivity index (χ1n) is 18.6. The molecule has 0 aromatic heterocycles. The zero-order valence-electron chi connectivity index (χ0n) is 34.5. The highest BCUT2D eigenvalue weighted by Gasteiger charge is 2.49. The van der Waals surface area contributed by atoms with Crippen LogP contribution in [0.15, 0.2) is 0 Å². The molecule has 3 fully saturated rings. The van der Waals surface area contributed by atoms with Crippen LogP contribution in [0.4, 0.5) is 4.39 Å². The average molecular weight is 947 g/mol. The summed E-state index contributed by atoms with van der Waals surface area (Å²) in [6, 6.07) is -2.37. The molecule has 3 heterocycles. The molecule has 0 aliphatic carbocycles. The van der Waals surface area contributed by atoms with Crippen molar-refractivity contribution >= 4 is 59.6 Å². The summed E-state index contributed by atoms with van der Waals surface area (Å²) in [5.41, 5.74) is 0. The SMILES string of the molecule is [B][C@@H]1O[C@H](C(C)OP(=O)(O)O)[C@@H](OC)[C@H]1OCCCNC.[B][C@@H]1O[C@H](C(C)OP(=O)(O)O)[C@@H](OC)[C@H]1OCCCS.[B][C@@H]1O[C@H](C(C)OP(=O)(O)O)[C@@H](OC)[C@H]1OCCF. The predicted molar refractivity (Wildman–Crippen MR) is 216 cm³/mol. The molecular formula is C30H60B3FNO21P3S. The zero-order chi connectivity index (χ0) is 46.0. The Morgan fingerprint density at radius 2 is 0.900 bits per heavy atom. The van der Waals surface area contributed by atoms with Gasteiger partial charge in [-0.25, -0.2) is 18.1 Å². The first-order chi connectivity index (χ1) is 27.9. The van der Waals surface area contributed by atoms with Crippen LogP contribution < -0.4 is 5.32 Å². The van der Waals surface area contributed by atoms with Crippen LogP contribution in [0.5, 0.6) is 0 Å². The number of thiol groups is 1. The van der Waals surface area contributed by atoms with Crippen LogP contribution in [0.1, 0.15) is 33.6 Å². The number of nitrogens with one attached hydrogen (secondary N) is 1. The van der Waals surface area contributed by atoms with Gasteiger partial charge in [-0.05, 0) is 53.0 Å². The minimum Gasteiger partial charge on any atom is -0.376 e. The summed E-state index contributed by atoms with van der Waals surface area (Å²) in [6.45, 7) is 5.28. The van der Waals surface area contributed by atoms with E-state index in [1.165, 1.54) is 42.1 Å². The molecule has 3 saturated heterocycles. The van der Waals surface area contributed by atoms with Gasteiger partial charge in [-0.2, -0.15) is 12.6 Å². The second-order valence-corrected chi connectivity index (χ2v) is 17.5. The Balaban J connectivity index is 0.000000451. The minimum absolute atomic E-state index is 0.165. The molecule has 22 nitrogen and oxygen atoms in total. The molecule has 348 valence electrons. The topological polar surface area (TPSA) is 295 Å². The molecule has 3 rings (SSSR count). The maximum atomic E-state index is 12.1. The van der Waals surface area contributed by atoms with Crippen molar-refractivity contribution in [1.82, 2.24) is 5.32 Å². The van der Waals surface area contributed by atoms with Gasteiger partial charge >= 0.3 is 23.5 Å². The van der Waals surface area contributed by atoms with Gasteiger partial charge in [-0.1, -0.05) is 0 Å². The predicted octanol–water partition coefficient (Wildman–Crippen LogP) is -0.768. The van der Waals surface area contributed by atoms with Crippen LogP contribution in [0.25, 0.3) is 0 Å². The van der Waals surface area contributed by atoms with E-state index in [0.29, 0.717) is 19.0 Å². The number of ether oxygens (including phenoxy) is 9. The fourth-order valence-electron chi connectivity index (χ4n) is 6.40. The number of methoxy groups -OCH3 is 3. The Labute approximate surface area is 359 Å². The first kappa shape index (κ1) is 58.4. The van der Waals surface area contributed by atoms with Gasteiger partial charge in [0.25, 0.3) is 0 Å². The summed E-state index contributed by atoms with van der Waals surface area (Å²) >= 11 is 4.08. The van der Waals surface area contributed by atoms with E-state index < -0.39 is 121 Å². The van der Waals surface area contributed by atoms with Crippen molar-refractivity contribution in [2.24, 2.45) is 0 Å². The maximum absolute atomic E-state index is 12.1. The molecule has 6 radical (unpaired) electrons. The Morgan fingerprint density at radius 3 is 1.15 bits per heavy atom. The fraction of sp³-hybridized carbons (Fsp3) is 1.00. The van der Waals surface area contributed by atoms with Crippen molar-refractivity contribution in [3.8, 4) is 0 Å². The highest BCUT2D eigenvalue weighted by atomic mass is 32.1. The average Bonchev–Trinajstić information content (AvgIpc) is 3.76. The summed E-state index contributed by atoms with van der Waals surface area (Å²) < 4.78 is 107. The van der Waals surface area contributed by atoms with Gasteiger partial charge < -0.3 is 77.3 Å². The first-order valence-corrected chi connectivity index (χ1v) is 23.8. The highest BCUT2D eigenvalue weighted by Crippen LogP contribution is 2.43. The monoisotopic (exact) mass is 947 g/mol. The number of phosphoric acid groups is 3. The molecule has 60 heavy (non-hydrogen) atoms. The molecule has 3 aliphatic rings. The molecule has 0 saturated carbocycles. The lowest BCUT2D eigenvalue weighted by molar-refractivity contribution is -0.0700. The molecule has 3 aliphatic heterocycles. The Bertz CT molecular complexity index is 1330. The third-order valence-electron chi connectivity index (χ3n) is 8.85. The summed E-state index contributed by atoms with van der Waals surface area (Å²) in [4.78, 5) is 52.9. The third-order valence-corrected chi connectivity index (χ3v) is 11.0. The van der Waals surface area contributed by atoms with E-state index in [4.69, 9.17) is 95.5 Å². The van der Waals surface area contributed by atoms with Gasteiger partial charge in [-0.3, -0.25) is 13.6 Å². The maximum Gasteiger partial charge on any atom is 0.469 e. The Hall–Kier alpha value is 0.405. The molecule has 30 heteroatoms. The van der Waals surface area contributed by atoms with Gasteiger partial charge in [0.1, 0.15) is 85.1 Å². The van der Waals surface area contributed by atoms with Gasteiger partial charge in [0.15, 0.2) is 0 Å². The van der Waals surface area contributed by atoms with Crippen molar-refractivity contribution in [2.45, 2.75) is 125 Å². The van der Waals surface area contributed by atoms with Crippen LogP contribution in [0.3, 0.4) is 0 Å². The van der Waals surface area contributed by atoms with Gasteiger partial charge in [0.05, 0.1) is 24.9 Å². The molecule has 0 amide bonds. The molecule has 3 unspecified atom stereocenters. The van der Waals surface area contributed by atoms with Crippen LogP contribution in [0, 0.1) is 0 Å². The lowest BCUT2D eigenvalue weighted by Gasteiger charge is -2.26. The molecule has 0 aromatic rings. The van der Waals surface area contributed by atoms with Crippen LogP contribution in [-0.4, -0.2) is 211 Å². The molecule has 0 aromatic carbocycles. The molecule has 7 N–H and O–H groups in total. The zero-order valence-corrected chi connectivity index (χ0v) is 38.1. The number of halogens is 1. The van der Waals surface area contributed by atoms with E-state index in [-0.39, 0.29) is 6.61 Å². The standard InChI is InChI=1S/C11H23BNO7P.C10H20BO7PS.C9H17BFO7P/c1-7(20-21(14,15)16)8-9(17-3)10(11(12)19-8)18-6-4-5-13-2;1-6(18-19(12,13)14)7-8(15-2)9(10(11)17-7)16-4-3-5-20;1-5(18-19(12,13)14)6-7(15-2)8(9(10)17-6)16-4-3-11/h7-11,13H,4-6H2,1-3H3,(H2,14,15,16);6-10,20H,3-5H2,1-2H3,(H2,12,13,14);5-9H,3-4H2,1-2H3,(H2,12,13,14)/t7?,8-,9-,10-,11-;6?,7-,8-,9-,10-;5?,6-,7-,8-,9-/m111/s1. The number of hydrogen-bond donors (Lipinski definition) is 8. The number of phosphoric ester groups is 3. The van der Waals surface area contributed by atoms with Crippen molar-refractivity contribution in [3.63, 3.8) is 0 Å². The number of rotatable bonds is 24. The Morgan fingerprint density at radius 1 is 0.600 bits per heavy atom. The van der Waals surface area contributed by atoms with E-state index in [1.807, 2.05) is 7.05 Å². The normalized spacial score (nSPS) is 32.5. The van der Waals surface area contributed by atoms with E-state index in [1.54, 1.807) is 0 Å². The van der Waals surface area contributed by atoms with E-state index >= 15 is 0 Å². The number of alkyl halides is 1.